The molecule has 0 amide bonds. The normalized spacial score (nSPS) is 20.5. The van der Waals surface area contributed by atoms with Crippen molar-refractivity contribution in [1.29, 1.82) is 0 Å². The lowest BCUT2D eigenvalue weighted by molar-refractivity contribution is 0.185. The quantitative estimate of drug-likeness (QED) is 0.776. The van der Waals surface area contributed by atoms with Gasteiger partial charge >= 0.3 is 0 Å². The molecule has 1 N–H and O–H groups in total. The van der Waals surface area contributed by atoms with Gasteiger partial charge in [-0.1, -0.05) is 0 Å². The SMILES string of the molecule is Cc1nn(C)cc1C(C)N1CCNCC1. The first-order valence-electron chi connectivity index (χ1n) is 5.63. The van der Waals surface area contributed by atoms with Crippen LogP contribution in [0.4, 0.5) is 0 Å². The fraction of sp³-hybridized carbons (Fsp3) is 0.727. The van der Waals surface area contributed by atoms with Crippen LogP contribution >= 0.6 is 0 Å². The molecule has 0 aliphatic carbocycles. The van der Waals surface area contributed by atoms with E-state index in [4.69, 9.17) is 0 Å². The molecule has 2 rings (SSSR count). The second-order valence-electron chi connectivity index (χ2n) is 4.31. The molecule has 1 fully saturated rings. The van der Waals surface area contributed by atoms with Gasteiger partial charge in [-0.15, -0.1) is 0 Å². The summed E-state index contributed by atoms with van der Waals surface area (Å²) in [5.41, 5.74) is 2.52. The number of hydrogen-bond donors (Lipinski definition) is 1. The van der Waals surface area contributed by atoms with Gasteiger partial charge in [-0.05, 0) is 13.8 Å². The van der Waals surface area contributed by atoms with Gasteiger partial charge in [-0.25, -0.2) is 0 Å². The van der Waals surface area contributed by atoms with Crippen LogP contribution < -0.4 is 5.32 Å². The summed E-state index contributed by atoms with van der Waals surface area (Å²) in [6.45, 7) is 8.83. The van der Waals surface area contributed by atoms with E-state index in [1.807, 2.05) is 11.7 Å². The van der Waals surface area contributed by atoms with Crippen LogP contribution in [0, 0.1) is 6.92 Å². The third-order valence-corrected chi connectivity index (χ3v) is 3.20. The van der Waals surface area contributed by atoms with E-state index in [-0.39, 0.29) is 0 Å². The Morgan fingerprint density at radius 1 is 1.40 bits per heavy atom. The van der Waals surface area contributed by atoms with Crippen LogP contribution in [0.15, 0.2) is 6.20 Å². The largest absolute Gasteiger partial charge is 0.314 e. The van der Waals surface area contributed by atoms with E-state index in [1.54, 1.807) is 0 Å². The molecule has 1 aromatic rings. The molecule has 0 bridgehead atoms. The Labute approximate surface area is 91.3 Å². The lowest BCUT2D eigenvalue weighted by Gasteiger charge is -2.32. The van der Waals surface area contributed by atoms with Crippen LogP contribution in [0.1, 0.15) is 24.2 Å². The van der Waals surface area contributed by atoms with E-state index in [9.17, 15) is 0 Å². The number of nitrogens with one attached hydrogen (secondary N) is 1. The van der Waals surface area contributed by atoms with E-state index in [1.165, 1.54) is 5.56 Å². The Hall–Kier alpha value is -0.870. The van der Waals surface area contributed by atoms with Gasteiger partial charge in [-0.2, -0.15) is 5.10 Å². The van der Waals surface area contributed by atoms with Crippen LogP contribution in [-0.4, -0.2) is 40.9 Å². The zero-order valence-electron chi connectivity index (χ0n) is 9.82. The maximum Gasteiger partial charge on any atom is 0.0641 e. The molecule has 0 aromatic carbocycles. The Morgan fingerprint density at radius 2 is 2.07 bits per heavy atom. The number of rotatable bonds is 2. The van der Waals surface area contributed by atoms with E-state index in [2.05, 4.69) is 35.4 Å². The second-order valence-corrected chi connectivity index (χ2v) is 4.31. The molecule has 1 atom stereocenters. The van der Waals surface area contributed by atoms with Crippen molar-refractivity contribution in [2.45, 2.75) is 19.9 Å². The fourth-order valence-electron chi connectivity index (χ4n) is 2.29. The van der Waals surface area contributed by atoms with Crippen LogP contribution in [0.25, 0.3) is 0 Å². The molecule has 4 heteroatoms. The fourth-order valence-corrected chi connectivity index (χ4v) is 2.29. The van der Waals surface area contributed by atoms with Gasteiger partial charge in [0.05, 0.1) is 5.69 Å². The van der Waals surface area contributed by atoms with Gasteiger partial charge in [-0.3, -0.25) is 9.58 Å². The Kier molecular flexibility index (Phi) is 3.07. The number of aryl methyl sites for hydroxylation is 2. The van der Waals surface area contributed by atoms with E-state index < -0.39 is 0 Å². The van der Waals surface area contributed by atoms with Crippen LogP contribution in [-0.2, 0) is 7.05 Å². The van der Waals surface area contributed by atoms with Crippen molar-refractivity contribution in [3.8, 4) is 0 Å². The zero-order chi connectivity index (χ0) is 10.8. The van der Waals surface area contributed by atoms with E-state index >= 15 is 0 Å². The molecule has 1 aliphatic heterocycles. The predicted octanol–water partition coefficient (Wildman–Crippen LogP) is 0.695. The maximum absolute atomic E-state index is 4.40. The first-order valence-corrected chi connectivity index (χ1v) is 5.63. The smallest absolute Gasteiger partial charge is 0.0641 e. The number of piperazine rings is 1. The van der Waals surface area contributed by atoms with Gasteiger partial charge in [0.25, 0.3) is 0 Å². The highest BCUT2D eigenvalue weighted by Crippen LogP contribution is 2.22. The summed E-state index contributed by atoms with van der Waals surface area (Å²) < 4.78 is 1.91. The van der Waals surface area contributed by atoms with Crippen molar-refractivity contribution in [3.63, 3.8) is 0 Å². The molecule has 1 aliphatic rings. The van der Waals surface area contributed by atoms with Crippen molar-refractivity contribution in [2.75, 3.05) is 26.2 Å². The average Bonchev–Trinajstić information content (AvgIpc) is 2.58. The van der Waals surface area contributed by atoms with Crippen LogP contribution in [0.2, 0.25) is 0 Å². The monoisotopic (exact) mass is 208 g/mol. The number of aromatic nitrogens is 2. The van der Waals surface area contributed by atoms with E-state index in [0.717, 1.165) is 31.9 Å². The van der Waals surface area contributed by atoms with Gasteiger partial charge in [0.2, 0.25) is 0 Å². The third kappa shape index (κ3) is 2.21. The van der Waals surface area contributed by atoms with Crippen molar-refractivity contribution in [2.24, 2.45) is 7.05 Å². The molecule has 15 heavy (non-hydrogen) atoms. The molecule has 0 radical (unpaired) electrons. The summed E-state index contributed by atoms with van der Waals surface area (Å²) in [6, 6.07) is 0.487. The minimum absolute atomic E-state index is 0.487. The van der Waals surface area contributed by atoms with Crippen molar-refractivity contribution in [3.05, 3.63) is 17.5 Å². The maximum atomic E-state index is 4.40. The van der Waals surface area contributed by atoms with Gasteiger partial charge in [0.1, 0.15) is 0 Å². The summed E-state index contributed by atoms with van der Waals surface area (Å²) in [7, 11) is 1.99. The molecule has 4 nitrogen and oxygen atoms in total. The molecule has 2 heterocycles. The molecule has 1 aromatic heterocycles. The van der Waals surface area contributed by atoms with Gasteiger partial charge in [0.15, 0.2) is 0 Å². The highest BCUT2D eigenvalue weighted by molar-refractivity contribution is 5.19. The molecular formula is C11H20N4. The second kappa shape index (κ2) is 4.33. The molecule has 84 valence electrons. The van der Waals surface area contributed by atoms with Gasteiger partial charge < -0.3 is 5.32 Å². The number of nitrogens with zero attached hydrogens (tertiary/aromatic N) is 3. The minimum atomic E-state index is 0.487. The summed E-state index contributed by atoms with van der Waals surface area (Å²) in [6.07, 6.45) is 2.14. The first kappa shape index (κ1) is 10.6. The van der Waals surface area contributed by atoms with Crippen molar-refractivity contribution >= 4 is 0 Å². The highest BCUT2D eigenvalue weighted by atomic mass is 15.3. The highest BCUT2D eigenvalue weighted by Gasteiger charge is 2.20. The third-order valence-electron chi connectivity index (χ3n) is 3.20. The lowest BCUT2D eigenvalue weighted by Crippen LogP contribution is -2.44. The van der Waals surface area contributed by atoms with Crippen LogP contribution in [0.3, 0.4) is 0 Å². The Morgan fingerprint density at radius 3 is 2.60 bits per heavy atom. The lowest BCUT2D eigenvalue weighted by atomic mass is 10.1. The Balaban J connectivity index is 2.12. The topological polar surface area (TPSA) is 33.1 Å². The zero-order valence-corrected chi connectivity index (χ0v) is 9.82. The standard InChI is InChI=1S/C11H20N4/c1-9-11(8-14(3)13-9)10(2)15-6-4-12-5-7-15/h8,10,12H,4-7H2,1-3H3. The molecular weight excluding hydrogens is 188 g/mol. The summed E-state index contributed by atoms with van der Waals surface area (Å²) in [5.74, 6) is 0. The molecule has 0 spiro atoms. The van der Waals surface area contributed by atoms with E-state index in [0.29, 0.717) is 6.04 Å². The van der Waals surface area contributed by atoms with Crippen molar-refractivity contribution < 1.29 is 0 Å². The molecule has 1 saturated heterocycles. The van der Waals surface area contributed by atoms with Gasteiger partial charge in [0, 0.05) is 51.0 Å². The summed E-state index contributed by atoms with van der Waals surface area (Å²) in [5, 5.41) is 7.78. The Bertz CT molecular complexity index is 325. The molecule has 0 saturated carbocycles. The van der Waals surface area contributed by atoms with Crippen LogP contribution in [0.5, 0.6) is 0 Å². The minimum Gasteiger partial charge on any atom is -0.314 e. The predicted molar refractivity (Wildman–Crippen MR) is 60.8 cm³/mol. The average molecular weight is 208 g/mol. The molecule has 1 unspecified atom stereocenters. The summed E-state index contributed by atoms with van der Waals surface area (Å²) >= 11 is 0. The summed E-state index contributed by atoms with van der Waals surface area (Å²) in [4.78, 5) is 2.51. The van der Waals surface area contributed by atoms with Crippen molar-refractivity contribution in [1.82, 2.24) is 20.0 Å². The first-order chi connectivity index (χ1) is 7.18. The number of hydrogen-bond acceptors (Lipinski definition) is 3.